The molecule has 7 heteroatoms. The normalized spacial score (nSPS) is 9.86. The lowest BCUT2D eigenvalue weighted by atomic mass is 10.3. The van der Waals surface area contributed by atoms with Gasteiger partial charge in [-0.1, -0.05) is 11.8 Å². The van der Waals surface area contributed by atoms with Gasteiger partial charge in [0.15, 0.2) is 0 Å². The van der Waals surface area contributed by atoms with Crippen LogP contribution in [0.5, 0.6) is 0 Å². The van der Waals surface area contributed by atoms with Gasteiger partial charge in [-0.25, -0.2) is 4.98 Å². The lowest BCUT2D eigenvalue weighted by molar-refractivity contribution is 0.102. The molecule has 0 bridgehead atoms. The van der Waals surface area contributed by atoms with E-state index in [-0.39, 0.29) is 18.5 Å². The molecule has 0 spiro atoms. The molecule has 0 aliphatic rings. The molecule has 0 saturated carbocycles. The summed E-state index contributed by atoms with van der Waals surface area (Å²) in [5.74, 6) is 5.58. The van der Waals surface area contributed by atoms with Crippen LogP contribution in [0.4, 0.5) is 5.95 Å². The molecule has 108 valence electrons. The standard InChI is InChI=1S/C14H14N4O2S/c1-9-10(2)17-18-14(15-9)16-13(20)11-7-12(21-8-11)5-3-4-6-19/h7-8,19H,4,6H2,1-2H3,(H,15,16,18,20). The van der Waals surface area contributed by atoms with E-state index in [2.05, 4.69) is 32.3 Å². The van der Waals surface area contributed by atoms with Crippen LogP contribution in [0.25, 0.3) is 0 Å². The highest BCUT2D eigenvalue weighted by molar-refractivity contribution is 7.10. The topological polar surface area (TPSA) is 88.0 Å². The van der Waals surface area contributed by atoms with Crippen molar-refractivity contribution in [2.75, 3.05) is 11.9 Å². The van der Waals surface area contributed by atoms with Gasteiger partial charge in [-0.05, 0) is 19.9 Å². The Labute approximate surface area is 126 Å². The Balaban J connectivity index is 2.07. The van der Waals surface area contributed by atoms with Gasteiger partial charge in [-0.2, -0.15) is 5.10 Å². The van der Waals surface area contributed by atoms with Crippen LogP contribution in [0, 0.1) is 25.7 Å². The van der Waals surface area contributed by atoms with E-state index in [1.807, 2.05) is 0 Å². The van der Waals surface area contributed by atoms with E-state index in [0.29, 0.717) is 12.0 Å². The number of hydrogen-bond acceptors (Lipinski definition) is 6. The Hall–Kier alpha value is -2.30. The van der Waals surface area contributed by atoms with Gasteiger partial charge in [0.2, 0.25) is 5.95 Å². The Morgan fingerprint density at radius 1 is 1.38 bits per heavy atom. The van der Waals surface area contributed by atoms with E-state index >= 15 is 0 Å². The van der Waals surface area contributed by atoms with Crippen LogP contribution >= 0.6 is 11.3 Å². The second-order valence-electron chi connectivity index (χ2n) is 4.24. The van der Waals surface area contributed by atoms with Crippen LogP contribution in [0.15, 0.2) is 11.4 Å². The van der Waals surface area contributed by atoms with Crippen LogP contribution < -0.4 is 5.32 Å². The second-order valence-corrected chi connectivity index (χ2v) is 5.15. The van der Waals surface area contributed by atoms with Gasteiger partial charge >= 0.3 is 0 Å². The van der Waals surface area contributed by atoms with Crippen LogP contribution in [0.3, 0.4) is 0 Å². The van der Waals surface area contributed by atoms with E-state index in [0.717, 1.165) is 16.3 Å². The third kappa shape index (κ3) is 4.08. The van der Waals surface area contributed by atoms with E-state index < -0.39 is 0 Å². The zero-order chi connectivity index (χ0) is 15.2. The van der Waals surface area contributed by atoms with Crippen LogP contribution in [0.1, 0.15) is 33.0 Å². The van der Waals surface area contributed by atoms with Crippen LogP contribution in [0.2, 0.25) is 0 Å². The van der Waals surface area contributed by atoms with Gasteiger partial charge < -0.3 is 5.11 Å². The second kappa shape index (κ2) is 6.92. The minimum Gasteiger partial charge on any atom is -0.395 e. The highest BCUT2D eigenvalue weighted by atomic mass is 32.1. The number of aromatic nitrogens is 3. The van der Waals surface area contributed by atoms with Crippen molar-refractivity contribution in [3.63, 3.8) is 0 Å². The molecule has 0 aromatic carbocycles. The molecule has 6 nitrogen and oxygen atoms in total. The van der Waals surface area contributed by atoms with Gasteiger partial charge in [0.1, 0.15) is 0 Å². The van der Waals surface area contributed by atoms with E-state index in [4.69, 9.17) is 5.11 Å². The summed E-state index contributed by atoms with van der Waals surface area (Å²) in [6, 6.07) is 1.69. The molecule has 0 aliphatic heterocycles. The molecule has 2 aromatic heterocycles. The molecule has 0 aliphatic carbocycles. The Bertz CT molecular complexity index is 715. The van der Waals surface area contributed by atoms with Gasteiger partial charge in [0.05, 0.1) is 28.4 Å². The molecule has 0 radical (unpaired) electrons. The molecule has 0 saturated heterocycles. The number of amides is 1. The van der Waals surface area contributed by atoms with Gasteiger partial charge in [-0.15, -0.1) is 16.4 Å². The fraction of sp³-hybridized carbons (Fsp3) is 0.286. The minimum absolute atomic E-state index is 0.0306. The van der Waals surface area contributed by atoms with E-state index in [1.165, 1.54) is 11.3 Å². The first-order chi connectivity index (χ1) is 10.1. The molecule has 0 unspecified atom stereocenters. The van der Waals surface area contributed by atoms with Crippen molar-refractivity contribution >= 4 is 23.2 Å². The number of thiophene rings is 1. The fourth-order valence-corrected chi connectivity index (χ4v) is 2.16. The third-order valence-corrected chi connectivity index (χ3v) is 3.47. The fourth-order valence-electron chi connectivity index (χ4n) is 1.41. The molecule has 1 amide bonds. The maximum Gasteiger partial charge on any atom is 0.258 e. The highest BCUT2D eigenvalue weighted by Crippen LogP contribution is 2.14. The number of aryl methyl sites for hydroxylation is 2. The summed E-state index contributed by atoms with van der Waals surface area (Å²) in [6.07, 6.45) is 0.418. The van der Waals surface area contributed by atoms with Crippen LogP contribution in [-0.4, -0.2) is 32.8 Å². The number of hydrogen-bond donors (Lipinski definition) is 2. The van der Waals surface area contributed by atoms with Crippen molar-refractivity contribution < 1.29 is 9.90 Å². The maximum atomic E-state index is 12.1. The number of aliphatic hydroxyl groups is 1. The van der Waals surface area contributed by atoms with E-state index in [1.54, 1.807) is 25.3 Å². The van der Waals surface area contributed by atoms with Gasteiger partial charge in [-0.3, -0.25) is 10.1 Å². The quantitative estimate of drug-likeness (QED) is 0.840. The number of nitrogens with zero attached hydrogens (tertiary/aromatic N) is 3. The smallest absolute Gasteiger partial charge is 0.258 e. The first-order valence-electron chi connectivity index (χ1n) is 6.27. The summed E-state index contributed by atoms with van der Waals surface area (Å²) in [7, 11) is 0. The Morgan fingerprint density at radius 2 is 2.19 bits per heavy atom. The lowest BCUT2D eigenvalue weighted by Crippen LogP contribution is -2.14. The predicted octanol–water partition coefficient (Wildman–Crippen LogP) is 1.54. The molecule has 0 atom stereocenters. The molecule has 2 aromatic rings. The zero-order valence-corrected chi connectivity index (χ0v) is 12.5. The summed E-state index contributed by atoms with van der Waals surface area (Å²) in [6.45, 7) is 3.64. The average molecular weight is 302 g/mol. The van der Waals surface area contributed by atoms with Crippen molar-refractivity contribution in [1.29, 1.82) is 0 Å². The highest BCUT2D eigenvalue weighted by Gasteiger charge is 2.11. The molecule has 0 fully saturated rings. The zero-order valence-electron chi connectivity index (χ0n) is 11.7. The monoisotopic (exact) mass is 302 g/mol. The third-order valence-electron chi connectivity index (χ3n) is 2.63. The average Bonchev–Trinajstić information content (AvgIpc) is 2.92. The number of carbonyl (C=O) groups excluding carboxylic acids is 1. The van der Waals surface area contributed by atoms with Crippen molar-refractivity contribution in [2.45, 2.75) is 20.3 Å². The number of aliphatic hydroxyl groups excluding tert-OH is 1. The minimum atomic E-state index is -0.300. The first kappa shape index (κ1) is 15.1. The van der Waals surface area contributed by atoms with Gasteiger partial charge in [0, 0.05) is 11.8 Å². The van der Waals surface area contributed by atoms with Crippen molar-refractivity contribution in [3.05, 3.63) is 33.3 Å². The lowest BCUT2D eigenvalue weighted by Gasteiger charge is -2.03. The Kier molecular flexibility index (Phi) is 4.98. The molecule has 21 heavy (non-hydrogen) atoms. The molecule has 2 heterocycles. The predicted molar refractivity (Wildman–Crippen MR) is 80.2 cm³/mol. The number of rotatable bonds is 3. The number of anilines is 1. The van der Waals surface area contributed by atoms with Crippen LogP contribution in [-0.2, 0) is 0 Å². The Morgan fingerprint density at radius 3 is 2.90 bits per heavy atom. The summed E-state index contributed by atoms with van der Waals surface area (Å²) < 4.78 is 0. The molecule has 2 rings (SSSR count). The van der Waals surface area contributed by atoms with Crippen molar-refractivity contribution in [3.8, 4) is 11.8 Å². The maximum absolute atomic E-state index is 12.1. The summed E-state index contributed by atoms with van der Waals surface area (Å²) in [5.41, 5.74) is 1.95. The summed E-state index contributed by atoms with van der Waals surface area (Å²) >= 11 is 1.37. The summed E-state index contributed by atoms with van der Waals surface area (Å²) in [5, 5.41) is 20.7. The molecular formula is C14H14N4O2S. The number of carbonyl (C=O) groups is 1. The molecular weight excluding hydrogens is 288 g/mol. The SMILES string of the molecule is Cc1nnc(NC(=O)c2csc(C#CCCO)c2)nc1C. The summed E-state index contributed by atoms with van der Waals surface area (Å²) in [4.78, 5) is 17.0. The van der Waals surface area contributed by atoms with Gasteiger partial charge in [0.25, 0.3) is 5.91 Å². The number of nitrogens with one attached hydrogen (secondary N) is 1. The van der Waals surface area contributed by atoms with Crippen molar-refractivity contribution in [1.82, 2.24) is 15.2 Å². The van der Waals surface area contributed by atoms with E-state index in [9.17, 15) is 4.79 Å². The largest absolute Gasteiger partial charge is 0.395 e. The first-order valence-corrected chi connectivity index (χ1v) is 7.15. The molecule has 2 N–H and O–H groups in total. The van der Waals surface area contributed by atoms with Crippen molar-refractivity contribution in [2.24, 2.45) is 0 Å².